The molecule has 0 radical (unpaired) electrons. The quantitative estimate of drug-likeness (QED) is 0.889. The summed E-state index contributed by atoms with van der Waals surface area (Å²) in [5.41, 5.74) is 6.88. The van der Waals surface area contributed by atoms with Crippen LogP contribution in [0.2, 0.25) is 0 Å². The Kier molecular flexibility index (Phi) is 8.86. The van der Waals surface area contributed by atoms with Gasteiger partial charge in [0.2, 0.25) is 5.91 Å². The molecule has 1 saturated carbocycles. The van der Waals surface area contributed by atoms with Gasteiger partial charge in [-0.2, -0.15) is 0 Å². The Morgan fingerprint density at radius 3 is 2.81 bits per heavy atom. The molecular formula is C15H25Cl2N3O. The fourth-order valence-corrected chi connectivity index (χ4v) is 2.77. The van der Waals surface area contributed by atoms with Crippen molar-refractivity contribution in [3.63, 3.8) is 0 Å². The van der Waals surface area contributed by atoms with Crippen molar-refractivity contribution in [3.05, 3.63) is 30.1 Å². The summed E-state index contributed by atoms with van der Waals surface area (Å²) in [4.78, 5) is 16.4. The first-order valence-corrected chi connectivity index (χ1v) is 7.06. The van der Waals surface area contributed by atoms with Crippen LogP contribution in [0.1, 0.15) is 38.3 Å². The van der Waals surface area contributed by atoms with Crippen LogP contribution < -0.4 is 11.1 Å². The summed E-state index contributed by atoms with van der Waals surface area (Å²) >= 11 is 0. The molecular weight excluding hydrogens is 309 g/mol. The van der Waals surface area contributed by atoms with Crippen LogP contribution in [0.5, 0.6) is 0 Å². The Morgan fingerprint density at radius 1 is 1.43 bits per heavy atom. The largest absolute Gasteiger partial charge is 0.355 e. The molecule has 0 saturated heterocycles. The zero-order chi connectivity index (χ0) is 13.7. The Balaban J connectivity index is 0.00000200. The van der Waals surface area contributed by atoms with E-state index >= 15 is 0 Å². The highest BCUT2D eigenvalue weighted by Crippen LogP contribution is 2.31. The zero-order valence-electron chi connectivity index (χ0n) is 12.4. The van der Waals surface area contributed by atoms with Gasteiger partial charge in [0.15, 0.2) is 0 Å². The van der Waals surface area contributed by atoms with Gasteiger partial charge in [0.1, 0.15) is 0 Å². The molecule has 1 aromatic heterocycles. The van der Waals surface area contributed by atoms with Gasteiger partial charge < -0.3 is 11.1 Å². The number of nitrogens with two attached hydrogens (primary N) is 1. The maximum absolute atomic E-state index is 12.2. The molecule has 1 aliphatic carbocycles. The molecule has 6 heteroatoms. The van der Waals surface area contributed by atoms with Crippen molar-refractivity contribution in [1.82, 2.24) is 10.3 Å². The Morgan fingerprint density at radius 2 is 2.19 bits per heavy atom. The fraction of sp³-hybridized carbons (Fsp3) is 0.600. The lowest BCUT2D eigenvalue weighted by Crippen LogP contribution is -2.53. The average molecular weight is 334 g/mol. The summed E-state index contributed by atoms with van der Waals surface area (Å²) in [5.74, 6) is 0.0469. The number of pyridine rings is 1. The molecule has 0 spiro atoms. The summed E-state index contributed by atoms with van der Waals surface area (Å²) in [7, 11) is 0. The van der Waals surface area contributed by atoms with E-state index in [2.05, 4.69) is 10.3 Å². The fourth-order valence-electron chi connectivity index (χ4n) is 2.77. The standard InChI is InChI=1S/C15H23N3O.2ClH/c1-15(16)9-4-2-7-13(15)14(19)18-11-8-12-6-3-5-10-17-12;;/h3,5-6,10,13H,2,4,7-9,11,16H2,1H3,(H,18,19);2*1H. The van der Waals surface area contributed by atoms with E-state index in [0.29, 0.717) is 6.54 Å². The molecule has 1 aliphatic rings. The van der Waals surface area contributed by atoms with Crippen molar-refractivity contribution in [2.24, 2.45) is 11.7 Å². The number of halogens is 2. The van der Waals surface area contributed by atoms with Crippen LogP contribution in [0.3, 0.4) is 0 Å². The SMILES string of the molecule is CC1(N)CCCCC1C(=O)NCCc1ccccn1.Cl.Cl. The van der Waals surface area contributed by atoms with E-state index < -0.39 is 0 Å². The molecule has 0 aromatic carbocycles. The average Bonchev–Trinajstić information content (AvgIpc) is 2.39. The molecule has 1 heterocycles. The number of aromatic nitrogens is 1. The van der Waals surface area contributed by atoms with E-state index in [-0.39, 0.29) is 42.2 Å². The molecule has 120 valence electrons. The molecule has 3 N–H and O–H groups in total. The summed E-state index contributed by atoms with van der Waals surface area (Å²) < 4.78 is 0. The van der Waals surface area contributed by atoms with Gasteiger partial charge in [0.25, 0.3) is 0 Å². The van der Waals surface area contributed by atoms with Gasteiger partial charge in [0.05, 0.1) is 5.92 Å². The molecule has 21 heavy (non-hydrogen) atoms. The van der Waals surface area contributed by atoms with Crippen molar-refractivity contribution in [1.29, 1.82) is 0 Å². The molecule has 2 atom stereocenters. The molecule has 0 aliphatic heterocycles. The van der Waals surface area contributed by atoms with E-state index in [9.17, 15) is 4.79 Å². The van der Waals surface area contributed by atoms with Crippen LogP contribution in [-0.4, -0.2) is 23.0 Å². The van der Waals surface area contributed by atoms with E-state index in [4.69, 9.17) is 5.73 Å². The number of nitrogens with zero attached hydrogens (tertiary/aromatic N) is 1. The Labute approximate surface area is 139 Å². The van der Waals surface area contributed by atoms with Gasteiger partial charge in [-0.05, 0) is 31.9 Å². The van der Waals surface area contributed by atoms with E-state index in [0.717, 1.165) is 37.8 Å². The van der Waals surface area contributed by atoms with E-state index in [1.165, 1.54) is 0 Å². The second-order valence-electron chi connectivity index (χ2n) is 5.67. The molecule has 2 unspecified atom stereocenters. The number of amides is 1. The summed E-state index contributed by atoms with van der Waals surface area (Å²) in [6.45, 7) is 2.62. The minimum atomic E-state index is -0.354. The maximum atomic E-state index is 12.2. The smallest absolute Gasteiger partial charge is 0.224 e. The van der Waals surface area contributed by atoms with Crippen molar-refractivity contribution in [2.45, 2.75) is 44.6 Å². The van der Waals surface area contributed by atoms with Crippen LogP contribution in [0, 0.1) is 5.92 Å². The van der Waals surface area contributed by atoms with Crippen molar-refractivity contribution >= 4 is 30.7 Å². The third-order valence-corrected chi connectivity index (χ3v) is 3.98. The lowest BCUT2D eigenvalue weighted by atomic mass is 9.74. The summed E-state index contributed by atoms with van der Waals surface area (Å²) in [6.07, 6.45) is 6.61. The summed E-state index contributed by atoms with van der Waals surface area (Å²) in [6, 6.07) is 5.83. The highest BCUT2D eigenvalue weighted by atomic mass is 35.5. The Bertz CT molecular complexity index is 426. The topological polar surface area (TPSA) is 68.0 Å². The minimum Gasteiger partial charge on any atom is -0.355 e. The minimum absolute atomic E-state index is 0. The number of hydrogen-bond acceptors (Lipinski definition) is 3. The number of nitrogens with one attached hydrogen (secondary N) is 1. The third kappa shape index (κ3) is 5.81. The second kappa shape index (κ2) is 9.23. The van der Waals surface area contributed by atoms with Gasteiger partial charge in [-0.1, -0.05) is 18.9 Å². The van der Waals surface area contributed by atoms with Gasteiger partial charge in [-0.25, -0.2) is 0 Å². The third-order valence-electron chi connectivity index (χ3n) is 3.98. The van der Waals surface area contributed by atoms with Crippen LogP contribution in [0.4, 0.5) is 0 Å². The maximum Gasteiger partial charge on any atom is 0.224 e. The molecule has 1 aromatic rings. The van der Waals surface area contributed by atoms with E-state index in [1.54, 1.807) is 6.20 Å². The van der Waals surface area contributed by atoms with Crippen molar-refractivity contribution in [2.75, 3.05) is 6.54 Å². The second-order valence-corrected chi connectivity index (χ2v) is 5.67. The van der Waals surface area contributed by atoms with Crippen molar-refractivity contribution < 1.29 is 4.79 Å². The highest BCUT2D eigenvalue weighted by molar-refractivity contribution is 5.85. The first kappa shape index (κ1) is 20.2. The lowest BCUT2D eigenvalue weighted by Gasteiger charge is -2.37. The zero-order valence-corrected chi connectivity index (χ0v) is 14.0. The number of carbonyl (C=O) groups excluding carboxylic acids is 1. The first-order chi connectivity index (χ1) is 9.09. The predicted octanol–water partition coefficient (Wildman–Crippen LogP) is 2.49. The van der Waals surface area contributed by atoms with E-state index in [1.807, 2.05) is 25.1 Å². The number of rotatable bonds is 4. The highest BCUT2D eigenvalue weighted by Gasteiger charge is 2.37. The van der Waals surface area contributed by atoms with Crippen LogP contribution >= 0.6 is 24.8 Å². The predicted molar refractivity (Wildman–Crippen MR) is 90.0 cm³/mol. The monoisotopic (exact) mass is 333 g/mol. The van der Waals surface area contributed by atoms with Gasteiger partial charge in [-0.15, -0.1) is 24.8 Å². The molecule has 2 rings (SSSR count). The normalized spacial score (nSPS) is 24.4. The Hall–Kier alpha value is -0.840. The molecule has 0 bridgehead atoms. The molecule has 4 nitrogen and oxygen atoms in total. The van der Waals surface area contributed by atoms with Crippen LogP contribution in [0.15, 0.2) is 24.4 Å². The van der Waals surface area contributed by atoms with Crippen LogP contribution in [-0.2, 0) is 11.2 Å². The molecule has 1 fully saturated rings. The molecule has 1 amide bonds. The van der Waals surface area contributed by atoms with Gasteiger partial charge in [0, 0.05) is 30.4 Å². The summed E-state index contributed by atoms with van der Waals surface area (Å²) in [5, 5.41) is 3.00. The number of carbonyl (C=O) groups is 1. The van der Waals surface area contributed by atoms with Crippen molar-refractivity contribution in [3.8, 4) is 0 Å². The number of hydrogen-bond donors (Lipinski definition) is 2. The lowest BCUT2D eigenvalue weighted by molar-refractivity contribution is -0.128. The van der Waals surface area contributed by atoms with Gasteiger partial charge in [-0.3, -0.25) is 9.78 Å². The first-order valence-electron chi connectivity index (χ1n) is 7.06. The van der Waals surface area contributed by atoms with Crippen LogP contribution in [0.25, 0.3) is 0 Å². The van der Waals surface area contributed by atoms with Gasteiger partial charge >= 0.3 is 0 Å².